The third-order valence-corrected chi connectivity index (χ3v) is 1.74. The highest BCUT2D eigenvalue weighted by Gasteiger charge is 2.17. The van der Waals surface area contributed by atoms with Crippen molar-refractivity contribution in [2.75, 3.05) is 0 Å². The molecule has 0 unspecified atom stereocenters. The molecule has 1 rings (SSSR count). The number of aryl methyl sites for hydroxylation is 1. The Labute approximate surface area is 73.3 Å². The van der Waals surface area contributed by atoms with Gasteiger partial charge in [0, 0.05) is 6.42 Å². The zero-order chi connectivity index (χ0) is 10.0. The maximum atomic E-state index is 11.0. The second-order valence-corrected chi connectivity index (χ2v) is 2.74. The van der Waals surface area contributed by atoms with E-state index in [2.05, 4.69) is 9.68 Å². The van der Waals surface area contributed by atoms with E-state index in [1.165, 1.54) is 0 Å². The van der Waals surface area contributed by atoms with Crippen molar-refractivity contribution in [3.63, 3.8) is 0 Å². The molecule has 0 aliphatic carbocycles. The van der Waals surface area contributed by atoms with Gasteiger partial charge in [0.25, 0.3) is 0 Å². The molecule has 4 N–H and O–H groups in total. The molecule has 1 aromatic heterocycles. The van der Waals surface area contributed by atoms with Gasteiger partial charge < -0.3 is 15.4 Å². The molecule has 0 radical (unpaired) electrons. The summed E-state index contributed by atoms with van der Waals surface area (Å²) in [5.41, 5.74) is 5.49. The lowest BCUT2D eigenvalue weighted by atomic mass is 10.1. The molecule has 0 saturated carbocycles. The zero-order valence-electron chi connectivity index (χ0n) is 7.03. The van der Waals surface area contributed by atoms with Crippen molar-refractivity contribution in [3.05, 3.63) is 21.7 Å². The van der Waals surface area contributed by atoms with Crippen molar-refractivity contribution >= 4 is 5.97 Å². The molecule has 1 atom stereocenters. The lowest BCUT2D eigenvalue weighted by molar-refractivity contribution is -0.138. The molecule has 0 spiro atoms. The van der Waals surface area contributed by atoms with Crippen LogP contribution in [0.5, 0.6) is 0 Å². The van der Waals surface area contributed by atoms with Crippen LogP contribution in [0.15, 0.2) is 9.32 Å². The van der Waals surface area contributed by atoms with E-state index in [0.717, 1.165) is 0 Å². The number of hydrogen-bond donors (Lipinski definition) is 3. The van der Waals surface area contributed by atoms with E-state index in [1.54, 1.807) is 6.92 Å². The fourth-order valence-electron chi connectivity index (χ4n) is 0.943. The van der Waals surface area contributed by atoms with Crippen LogP contribution in [0.3, 0.4) is 0 Å². The molecule has 0 aliphatic heterocycles. The van der Waals surface area contributed by atoms with Gasteiger partial charge in [-0.15, -0.1) is 0 Å². The third kappa shape index (κ3) is 1.97. The van der Waals surface area contributed by atoms with Gasteiger partial charge in [-0.3, -0.25) is 4.79 Å². The lowest BCUT2D eigenvalue weighted by Gasteiger charge is -2.02. The van der Waals surface area contributed by atoms with Crippen molar-refractivity contribution in [2.24, 2.45) is 5.73 Å². The van der Waals surface area contributed by atoms with E-state index in [0.29, 0.717) is 5.69 Å². The summed E-state index contributed by atoms with van der Waals surface area (Å²) >= 11 is 0. The highest BCUT2D eigenvalue weighted by Crippen LogP contribution is 2.01. The summed E-state index contributed by atoms with van der Waals surface area (Å²) in [6, 6.07) is -1.07. The van der Waals surface area contributed by atoms with Crippen molar-refractivity contribution < 1.29 is 14.4 Å². The fourth-order valence-corrected chi connectivity index (χ4v) is 0.943. The molecular formula is C7H10N2O4. The normalized spacial score (nSPS) is 12.8. The largest absolute Gasteiger partial charge is 0.480 e. The summed E-state index contributed by atoms with van der Waals surface area (Å²) < 4.78 is 4.45. The Kier molecular flexibility index (Phi) is 2.52. The Hall–Kier alpha value is -1.56. The molecule has 6 heteroatoms. The number of rotatable bonds is 3. The predicted octanol–water partition coefficient (Wildman–Crippen LogP) is -0.769. The standard InChI is InChI=1S/C7H10N2O4/c1-3-4(7(12)13-9-3)2-5(8)6(10)11/h5,9H,2,8H2,1H3,(H,10,11)/t5-/m1/s1. The van der Waals surface area contributed by atoms with Gasteiger partial charge in [-0.05, 0) is 6.92 Å². The summed E-state index contributed by atoms with van der Waals surface area (Å²) in [5, 5.41) is 10.8. The third-order valence-electron chi connectivity index (χ3n) is 1.74. The first-order chi connectivity index (χ1) is 6.02. The highest BCUT2D eigenvalue weighted by molar-refractivity contribution is 5.73. The van der Waals surface area contributed by atoms with Crippen molar-refractivity contribution in [1.29, 1.82) is 0 Å². The Morgan fingerprint density at radius 1 is 1.77 bits per heavy atom. The average Bonchev–Trinajstić information content (AvgIpc) is 2.35. The quantitative estimate of drug-likeness (QED) is 0.574. The van der Waals surface area contributed by atoms with E-state index in [-0.39, 0.29) is 12.0 Å². The van der Waals surface area contributed by atoms with Gasteiger partial charge in [0.1, 0.15) is 6.04 Å². The Morgan fingerprint density at radius 3 is 2.77 bits per heavy atom. The van der Waals surface area contributed by atoms with Gasteiger partial charge in [0.15, 0.2) is 0 Å². The maximum Gasteiger partial charge on any atom is 0.360 e. The topological polar surface area (TPSA) is 109 Å². The minimum atomic E-state index is -1.14. The van der Waals surface area contributed by atoms with Crippen molar-refractivity contribution in [3.8, 4) is 0 Å². The molecule has 13 heavy (non-hydrogen) atoms. The van der Waals surface area contributed by atoms with Crippen LogP contribution in [-0.2, 0) is 11.2 Å². The zero-order valence-corrected chi connectivity index (χ0v) is 7.03. The summed E-state index contributed by atoms with van der Waals surface area (Å²) in [6.07, 6.45) is -0.0208. The number of aromatic amines is 1. The van der Waals surface area contributed by atoms with Gasteiger partial charge in [-0.2, -0.15) is 0 Å². The minimum absolute atomic E-state index is 0.0208. The smallest absolute Gasteiger partial charge is 0.360 e. The van der Waals surface area contributed by atoms with Gasteiger partial charge in [0.05, 0.1) is 11.3 Å². The van der Waals surface area contributed by atoms with Crippen LogP contribution < -0.4 is 11.4 Å². The number of H-pyrrole nitrogens is 1. The van der Waals surface area contributed by atoms with Crippen LogP contribution in [0, 0.1) is 6.92 Å². The molecule has 0 aliphatic rings. The Bertz CT molecular complexity index is 365. The molecule has 72 valence electrons. The summed E-state index contributed by atoms with van der Waals surface area (Å²) in [4.78, 5) is 21.3. The molecule has 0 bridgehead atoms. The summed E-state index contributed by atoms with van der Waals surface area (Å²) in [5.74, 6) is -1.14. The SMILES string of the molecule is Cc1[nH]oc(=O)c1C[C@@H](N)C(=O)O. The molecule has 0 saturated heterocycles. The number of carboxylic acid groups (broad SMARTS) is 1. The van der Waals surface area contributed by atoms with Crippen LogP contribution >= 0.6 is 0 Å². The molecule has 1 heterocycles. The first-order valence-corrected chi connectivity index (χ1v) is 3.67. The van der Waals surface area contributed by atoms with E-state index in [4.69, 9.17) is 10.8 Å². The van der Waals surface area contributed by atoms with E-state index in [1.807, 2.05) is 0 Å². The van der Waals surface area contributed by atoms with Crippen LogP contribution in [0.2, 0.25) is 0 Å². The Balaban J connectivity index is 2.85. The number of carboxylic acids is 1. The number of hydrogen-bond acceptors (Lipinski definition) is 4. The molecule has 0 amide bonds. The number of nitrogens with two attached hydrogens (primary N) is 1. The van der Waals surface area contributed by atoms with Crippen LogP contribution in [0.1, 0.15) is 11.3 Å². The van der Waals surface area contributed by atoms with Gasteiger partial charge in [-0.25, -0.2) is 9.95 Å². The van der Waals surface area contributed by atoms with E-state index >= 15 is 0 Å². The number of carbonyl (C=O) groups is 1. The van der Waals surface area contributed by atoms with Crippen LogP contribution in [0.4, 0.5) is 0 Å². The van der Waals surface area contributed by atoms with Crippen molar-refractivity contribution in [2.45, 2.75) is 19.4 Å². The predicted molar refractivity (Wildman–Crippen MR) is 43.4 cm³/mol. The van der Waals surface area contributed by atoms with Crippen molar-refractivity contribution in [1.82, 2.24) is 5.16 Å². The second kappa shape index (κ2) is 3.44. The molecule has 0 fully saturated rings. The van der Waals surface area contributed by atoms with Gasteiger partial charge in [0.2, 0.25) is 0 Å². The maximum absolute atomic E-state index is 11.0. The number of aromatic nitrogens is 1. The number of nitrogens with one attached hydrogen (secondary N) is 1. The lowest BCUT2D eigenvalue weighted by Crippen LogP contribution is -2.33. The average molecular weight is 186 g/mol. The first-order valence-electron chi connectivity index (χ1n) is 3.67. The Morgan fingerprint density at radius 2 is 2.38 bits per heavy atom. The van der Waals surface area contributed by atoms with Crippen LogP contribution in [-0.4, -0.2) is 22.3 Å². The van der Waals surface area contributed by atoms with E-state index in [9.17, 15) is 9.59 Å². The molecule has 1 aromatic rings. The minimum Gasteiger partial charge on any atom is -0.480 e. The van der Waals surface area contributed by atoms with E-state index < -0.39 is 17.6 Å². The highest BCUT2D eigenvalue weighted by atomic mass is 16.5. The molecular weight excluding hydrogens is 176 g/mol. The summed E-state index contributed by atoms with van der Waals surface area (Å²) in [6.45, 7) is 1.62. The second-order valence-electron chi connectivity index (χ2n) is 2.74. The number of aliphatic carboxylic acids is 1. The monoisotopic (exact) mass is 186 g/mol. The summed E-state index contributed by atoms with van der Waals surface area (Å²) in [7, 11) is 0. The first kappa shape index (κ1) is 9.53. The fraction of sp³-hybridized carbons (Fsp3) is 0.429. The van der Waals surface area contributed by atoms with Gasteiger partial charge >= 0.3 is 11.6 Å². The molecule has 6 nitrogen and oxygen atoms in total. The van der Waals surface area contributed by atoms with Crippen LogP contribution in [0.25, 0.3) is 0 Å². The van der Waals surface area contributed by atoms with Gasteiger partial charge in [-0.1, -0.05) is 0 Å². The molecule has 0 aromatic carbocycles.